The lowest BCUT2D eigenvalue weighted by atomic mass is 10.1. The van der Waals surface area contributed by atoms with Crippen LogP contribution in [0.4, 0.5) is 0 Å². The molecule has 1 aromatic carbocycles. The van der Waals surface area contributed by atoms with E-state index in [1.165, 1.54) is 0 Å². The van der Waals surface area contributed by atoms with Crippen molar-refractivity contribution in [1.82, 2.24) is 0 Å². The van der Waals surface area contributed by atoms with E-state index in [0.29, 0.717) is 5.75 Å². The zero-order valence-corrected chi connectivity index (χ0v) is 10.9. The van der Waals surface area contributed by atoms with Gasteiger partial charge in [0.25, 0.3) is 0 Å². The lowest BCUT2D eigenvalue weighted by molar-refractivity contribution is 0.204. The Hall–Kier alpha value is -1.13. The maximum Gasteiger partial charge on any atom is 0.394 e. The predicted molar refractivity (Wildman–Crippen MR) is 70.0 cm³/mol. The SMILES string of the molecule is N=C(N)SCC(O)c1ccccc1.O=S(=O)(O)O. The van der Waals surface area contributed by atoms with Gasteiger partial charge in [0.1, 0.15) is 0 Å². The Morgan fingerprint density at radius 2 is 1.78 bits per heavy atom. The third kappa shape index (κ3) is 11.4. The van der Waals surface area contributed by atoms with Gasteiger partial charge < -0.3 is 10.8 Å². The maximum absolute atomic E-state index is 9.60. The van der Waals surface area contributed by atoms with Crippen LogP contribution in [-0.4, -0.2) is 33.6 Å². The highest BCUT2D eigenvalue weighted by molar-refractivity contribution is 8.13. The molecule has 1 aromatic rings. The topological polar surface area (TPSA) is 145 Å². The van der Waals surface area contributed by atoms with Gasteiger partial charge in [-0.1, -0.05) is 42.1 Å². The summed E-state index contributed by atoms with van der Waals surface area (Å²) in [5.74, 6) is 0.430. The number of hydrogen-bond acceptors (Lipinski definition) is 5. The summed E-state index contributed by atoms with van der Waals surface area (Å²) in [4.78, 5) is 0. The quantitative estimate of drug-likeness (QED) is 0.313. The third-order valence-electron chi connectivity index (χ3n) is 1.58. The van der Waals surface area contributed by atoms with E-state index < -0.39 is 16.5 Å². The molecule has 6 N–H and O–H groups in total. The fourth-order valence-corrected chi connectivity index (χ4v) is 1.47. The van der Waals surface area contributed by atoms with E-state index in [0.717, 1.165) is 17.3 Å². The molecule has 1 unspecified atom stereocenters. The number of amidine groups is 1. The fraction of sp³-hybridized carbons (Fsp3) is 0.222. The van der Waals surface area contributed by atoms with Crippen LogP contribution < -0.4 is 5.73 Å². The zero-order chi connectivity index (χ0) is 14.2. The minimum atomic E-state index is -4.67. The normalized spacial score (nSPS) is 12.2. The molecule has 0 saturated heterocycles. The van der Waals surface area contributed by atoms with E-state index in [2.05, 4.69) is 0 Å². The number of nitrogens with one attached hydrogen (secondary N) is 1. The molecule has 0 spiro atoms. The number of nitrogens with two attached hydrogens (primary N) is 1. The summed E-state index contributed by atoms with van der Waals surface area (Å²) >= 11 is 1.15. The van der Waals surface area contributed by atoms with Crippen molar-refractivity contribution in [3.05, 3.63) is 35.9 Å². The first-order valence-electron chi connectivity index (χ1n) is 4.60. The van der Waals surface area contributed by atoms with Gasteiger partial charge in [-0.25, -0.2) is 0 Å². The van der Waals surface area contributed by atoms with Gasteiger partial charge >= 0.3 is 10.4 Å². The smallest absolute Gasteiger partial charge is 0.388 e. The highest BCUT2D eigenvalue weighted by Crippen LogP contribution is 2.16. The van der Waals surface area contributed by atoms with Crippen LogP contribution in [0, 0.1) is 5.41 Å². The average molecular weight is 294 g/mol. The van der Waals surface area contributed by atoms with Crippen LogP contribution in [0.25, 0.3) is 0 Å². The number of aliphatic hydroxyl groups excluding tert-OH is 1. The van der Waals surface area contributed by atoms with Crippen molar-refractivity contribution in [2.24, 2.45) is 5.73 Å². The number of benzene rings is 1. The van der Waals surface area contributed by atoms with Crippen molar-refractivity contribution in [3.8, 4) is 0 Å². The minimum Gasteiger partial charge on any atom is -0.388 e. The Labute approximate surface area is 109 Å². The Balaban J connectivity index is 0.000000494. The molecule has 0 aliphatic heterocycles. The molecule has 0 amide bonds. The van der Waals surface area contributed by atoms with Crippen LogP contribution in [-0.2, 0) is 10.4 Å². The maximum atomic E-state index is 9.60. The Kier molecular flexibility index (Phi) is 7.55. The van der Waals surface area contributed by atoms with Crippen LogP contribution >= 0.6 is 11.8 Å². The van der Waals surface area contributed by atoms with E-state index in [-0.39, 0.29) is 5.17 Å². The van der Waals surface area contributed by atoms with Gasteiger partial charge in [-0.15, -0.1) is 0 Å². The summed E-state index contributed by atoms with van der Waals surface area (Å²) in [5.41, 5.74) is 6.01. The first-order chi connectivity index (χ1) is 8.20. The summed E-state index contributed by atoms with van der Waals surface area (Å²) in [5, 5.41) is 16.6. The molecule has 102 valence electrons. The second kappa shape index (κ2) is 8.06. The van der Waals surface area contributed by atoms with Gasteiger partial charge in [-0.3, -0.25) is 14.5 Å². The van der Waals surface area contributed by atoms with Gasteiger partial charge in [0.05, 0.1) is 6.10 Å². The second-order valence-corrected chi connectivity index (χ2v) is 5.01. The predicted octanol–water partition coefficient (Wildman–Crippen LogP) is 0.694. The molecule has 1 rings (SSSR count). The van der Waals surface area contributed by atoms with Crippen molar-refractivity contribution in [1.29, 1.82) is 5.41 Å². The van der Waals surface area contributed by atoms with Gasteiger partial charge in [-0.2, -0.15) is 8.42 Å². The van der Waals surface area contributed by atoms with Gasteiger partial charge in [0, 0.05) is 5.75 Å². The first-order valence-corrected chi connectivity index (χ1v) is 6.98. The van der Waals surface area contributed by atoms with Gasteiger partial charge in [0.2, 0.25) is 0 Å². The molecule has 0 radical (unpaired) electrons. The molecule has 0 aromatic heterocycles. The largest absolute Gasteiger partial charge is 0.394 e. The molecule has 0 heterocycles. The zero-order valence-electron chi connectivity index (χ0n) is 9.22. The molecule has 9 heteroatoms. The van der Waals surface area contributed by atoms with Crippen LogP contribution in [0.15, 0.2) is 30.3 Å². The van der Waals surface area contributed by atoms with E-state index >= 15 is 0 Å². The van der Waals surface area contributed by atoms with Crippen molar-refractivity contribution >= 4 is 27.3 Å². The lowest BCUT2D eigenvalue weighted by Crippen LogP contribution is -2.08. The van der Waals surface area contributed by atoms with Gasteiger partial charge in [0.15, 0.2) is 5.17 Å². The molecule has 0 saturated carbocycles. The third-order valence-corrected chi connectivity index (χ3v) is 2.37. The summed E-state index contributed by atoms with van der Waals surface area (Å²) in [6.45, 7) is 0. The standard InChI is InChI=1S/C9H12N2OS.H2O4S/c10-9(11)13-6-8(12)7-4-2-1-3-5-7;1-5(2,3)4/h1-5,8,12H,6H2,(H3,10,11);(H2,1,2,3,4). The number of rotatable bonds is 3. The minimum absolute atomic E-state index is 0.0370. The molecule has 7 nitrogen and oxygen atoms in total. The van der Waals surface area contributed by atoms with E-state index in [4.69, 9.17) is 28.7 Å². The van der Waals surface area contributed by atoms with Crippen LogP contribution in [0.2, 0.25) is 0 Å². The Morgan fingerprint density at radius 1 is 1.33 bits per heavy atom. The monoisotopic (exact) mass is 294 g/mol. The summed E-state index contributed by atoms with van der Waals surface area (Å²) < 4.78 is 31.6. The van der Waals surface area contributed by atoms with E-state index in [1.807, 2.05) is 30.3 Å². The molecule has 18 heavy (non-hydrogen) atoms. The van der Waals surface area contributed by atoms with E-state index in [1.54, 1.807) is 0 Å². The highest BCUT2D eigenvalue weighted by atomic mass is 32.3. The molecular formula is C9H14N2O5S2. The van der Waals surface area contributed by atoms with Gasteiger partial charge in [-0.05, 0) is 5.56 Å². The number of thioether (sulfide) groups is 1. The van der Waals surface area contributed by atoms with Crippen LogP contribution in [0.5, 0.6) is 0 Å². The molecular weight excluding hydrogens is 280 g/mol. The second-order valence-electron chi connectivity index (χ2n) is 3.05. The Morgan fingerprint density at radius 3 is 2.17 bits per heavy atom. The van der Waals surface area contributed by atoms with Crippen molar-refractivity contribution in [2.75, 3.05) is 5.75 Å². The fourth-order valence-electron chi connectivity index (χ4n) is 0.940. The van der Waals surface area contributed by atoms with Crippen molar-refractivity contribution < 1.29 is 22.6 Å². The van der Waals surface area contributed by atoms with E-state index in [9.17, 15) is 5.11 Å². The first kappa shape index (κ1) is 16.9. The van der Waals surface area contributed by atoms with Crippen molar-refractivity contribution in [3.63, 3.8) is 0 Å². The molecule has 0 fully saturated rings. The average Bonchev–Trinajstić information content (AvgIpc) is 2.25. The lowest BCUT2D eigenvalue weighted by Gasteiger charge is -2.08. The molecule has 0 bridgehead atoms. The number of hydrogen-bond donors (Lipinski definition) is 5. The summed E-state index contributed by atoms with van der Waals surface area (Å²) in [6, 6.07) is 9.35. The number of aliphatic hydroxyl groups is 1. The summed E-state index contributed by atoms with van der Waals surface area (Å²) in [6.07, 6.45) is -0.546. The van der Waals surface area contributed by atoms with Crippen LogP contribution in [0.3, 0.4) is 0 Å². The van der Waals surface area contributed by atoms with Crippen molar-refractivity contribution in [2.45, 2.75) is 6.10 Å². The molecule has 1 atom stereocenters. The summed E-state index contributed by atoms with van der Waals surface area (Å²) in [7, 11) is -4.67. The Bertz CT molecular complexity index is 455. The van der Waals surface area contributed by atoms with Crippen LogP contribution in [0.1, 0.15) is 11.7 Å². The highest BCUT2D eigenvalue weighted by Gasteiger charge is 2.06. The molecule has 0 aliphatic rings. The molecule has 0 aliphatic carbocycles.